The molecule has 0 fully saturated rings. The molecule has 0 radical (unpaired) electrons. The molecule has 0 saturated carbocycles. The van der Waals surface area contributed by atoms with E-state index in [1.807, 2.05) is 6.07 Å². The quantitative estimate of drug-likeness (QED) is 0.725. The standard InChI is InChI=1S/C21H12ClFN4O/c22-17-7-8-19(26-12-17)20(14-3-1-13(10-24)2-4-14)27-21(28)15-5-6-16(11-25)18(23)9-15/h1-9,12,20H,(H,27,28)/t20-/m0/s1. The molecule has 0 unspecified atom stereocenters. The molecule has 1 amide bonds. The highest BCUT2D eigenvalue weighted by atomic mass is 35.5. The van der Waals surface area contributed by atoms with E-state index in [1.54, 1.807) is 42.5 Å². The van der Waals surface area contributed by atoms with Crippen molar-refractivity contribution in [2.24, 2.45) is 0 Å². The number of carbonyl (C=O) groups is 1. The lowest BCUT2D eigenvalue weighted by atomic mass is 10.0. The first kappa shape index (κ1) is 19.0. The second-order valence-electron chi connectivity index (χ2n) is 5.85. The number of nitrogens with zero attached hydrogens (tertiary/aromatic N) is 3. The van der Waals surface area contributed by atoms with E-state index in [4.69, 9.17) is 22.1 Å². The van der Waals surface area contributed by atoms with Gasteiger partial charge in [0.2, 0.25) is 0 Å². The maximum absolute atomic E-state index is 13.9. The molecule has 0 aliphatic rings. The molecule has 0 aliphatic heterocycles. The van der Waals surface area contributed by atoms with Gasteiger partial charge < -0.3 is 5.32 Å². The molecule has 1 aromatic heterocycles. The van der Waals surface area contributed by atoms with Crippen molar-refractivity contribution in [3.63, 3.8) is 0 Å². The van der Waals surface area contributed by atoms with Crippen LogP contribution >= 0.6 is 11.6 Å². The Morgan fingerprint density at radius 1 is 1.07 bits per heavy atom. The smallest absolute Gasteiger partial charge is 0.252 e. The molecule has 7 heteroatoms. The minimum atomic E-state index is -0.769. The number of hydrogen-bond acceptors (Lipinski definition) is 4. The topological polar surface area (TPSA) is 89.6 Å². The zero-order valence-electron chi connectivity index (χ0n) is 14.4. The Kier molecular flexibility index (Phi) is 5.64. The second-order valence-corrected chi connectivity index (χ2v) is 6.28. The van der Waals surface area contributed by atoms with E-state index in [2.05, 4.69) is 10.3 Å². The van der Waals surface area contributed by atoms with Crippen molar-refractivity contribution in [2.45, 2.75) is 6.04 Å². The van der Waals surface area contributed by atoms with Crippen LogP contribution < -0.4 is 5.32 Å². The Morgan fingerprint density at radius 2 is 1.82 bits per heavy atom. The highest BCUT2D eigenvalue weighted by Gasteiger charge is 2.20. The summed E-state index contributed by atoms with van der Waals surface area (Å²) in [5.74, 6) is -1.30. The molecular weight excluding hydrogens is 379 g/mol. The van der Waals surface area contributed by atoms with Crippen LogP contribution in [0.4, 0.5) is 4.39 Å². The van der Waals surface area contributed by atoms with Gasteiger partial charge in [-0.1, -0.05) is 23.7 Å². The number of aromatic nitrogens is 1. The molecule has 3 rings (SSSR count). The SMILES string of the molecule is N#Cc1ccc([C@H](NC(=O)c2ccc(C#N)c(F)c2)c2ccc(Cl)cn2)cc1. The van der Waals surface area contributed by atoms with Gasteiger partial charge in [-0.3, -0.25) is 9.78 Å². The van der Waals surface area contributed by atoms with Crippen molar-refractivity contribution in [3.8, 4) is 12.1 Å². The summed E-state index contributed by atoms with van der Waals surface area (Å²) in [6.45, 7) is 0. The monoisotopic (exact) mass is 390 g/mol. The summed E-state index contributed by atoms with van der Waals surface area (Å²) in [5.41, 5.74) is 1.63. The van der Waals surface area contributed by atoms with Gasteiger partial charge in [0.25, 0.3) is 5.91 Å². The predicted octanol–water partition coefficient (Wildman–Crippen LogP) is 4.14. The Hall–Kier alpha value is -3.74. The first-order chi connectivity index (χ1) is 13.5. The molecule has 2 aromatic carbocycles. The molecule has 1 N–H and O–H groups in total. The van der Waals surface area contributed by atoms with E-state index in [1.165, 1.54) is 18.3 Å². The van der Waals surface area contributed by atoms with Crippen LogP contribution in [0, 0.1) is 28.5 Å². The maximum atomic E-state index is 13.9. The van der Waals surface area contributed by atoms with Crippen LogP contribution in [0.3, 0.4) is 0 Å². The summed E-state index contributed by atoms with van der Waals surface area (Å²) in [4.78, 5) is 16.9. The third kappa shape index (κ3) is 4.15. The van der Waals surface area contributed by atoms with E-state index in [0.717, 1.165) is 6.07 Å². The lowest BCUT2D eigenvalue weighted by Crippen LogP contribution is -2.30. The van der Waals surface area contributed by atoms with Gasteiger partial charge >= 0.3 is 0 Å². The fourth-order valence-electron chi connectivity index (χ4n) is 2.60. The van der Waals surface area contributed by atoms with Crippen molar-refractivity contribution >= 4 is 17.5 Å². The number of pyridine rings is 1. The van der Waals surface area contributed by atoms with E-state index >= 15 is 0 Å². The van der Waals surface area contributed by atoms with Gasteiger partial charge in [-0.05, 0) is 48.0 Å². The van der Waals surface area contributed by atoms with Gasteiger partial charge in [0.15, 0.2) is 0 Å². The number of nitriles is 2. The van der Waals surface area contributed by atoms with Crippen LogP contribution in [-0.2, 0) is 0 Å². The molecule has 136 valence electrons. The average Bonchev–Trinajstić information content (AvgIpc) is 2.72. The molecule has 0 bridgehead atoms. The van der Waals surface area contributed by atoms with Crippen molar-refractivity contribution < 1.29 is 9.18 Å². The fraction of sp³-hybridized carbons (Fsp3) is 0.0476. The Balaban J connectivity index is 1.95. The third-order valence-electron chi connectivity index (χ3n) is 4.05. The van der Waals surface area contributed by atoms with Gasteiger partial charge in [-0.15, -0.1) is 0 Å². The van der Waals surface area contributed by atoms with Gasteiger partial charge in [-0.25, -0.2) is 4.39 Å². The van der Waals surface area contributed by atoms with Gasteiger partial charge in [0, 0.05) is 11.8 Å². The highest BCUT2D eigenvalue weighted by Crippen LogP contribution is 2.23. The van der Waals surface area contributed by atoms with Crippen LogP contribution in [0.5, 0.6) is 0 Å². The Morgan fingerprint density at radius 3 is 2.39 bits per heavy atom. The van der Waals surface area contributed by atoms with Crippen molar-refractivity contribution in [1.82, 2.24) is 10.3 Å². The zero-order chi connectivity index (χ0) is 20.1. The van der Waals surface area contributed by atoms with Crippen molar-refractivity contribution in [3.05, 3.63) is 99.6 Å². The summed E-state index contributed by atoms with van der Waals surface area (Å²) in [6.07, 6.45) is 1.46. The molecule has 1 atom stereocenters. The highest BCUT2D eigenvalue weighted by molar-refractivity contribution is 6.30. The minimum Gasteiger partial charge on any atom is -0.340 e. The van der Waals surface area contributed by atoms with Gasteiger partial charge in [0.1, 0.15) is 11.9 Å². The van der Waals surface area contributed by atoms with Crippen LogP contribution in [0.15, 0.2) is 60.8 Å². The number of benzene rings is 2. The predicted molar refractivity (Wildman–Crippen MR) is 101 cm³/mol. The molecule has 1 heterocycles. The summed E-state index contributed by atoms with van der Waals surface area (Å²) < 4.78 is 13.9. The minimum absolute atomic E-state index is 0.0732. The second kappa shape index (κ2) is 8.30. The van der Waals surface area contributed by atoms with Crippen LogP contribution in [0.25, 0.3) is 0 Å². The fourth-order valence-corrected chi connectivity index (χ4v) is 2.71. The Bertz CT molecular complexity index is 1100. The molecule has 0 aliphatic carbocycles. The maximum Gasteiger partial charge on any atom is 0.252 e. The number of nitrogens with one attached hydrogen (secondary N) is 1. The molecule has 0 spiro atoms. The van der Waals surface area contributed by atoms with Crippen LogP contribution in [0.2, 0.25) is 5.02 Å². The zero-order valence-corrected chi connectivity index (χ0v) is 15.1. The number of hydrogen-bond donors (Lipinski definition) is 1. The Labute approximate surface area is 165 Å². The number of rotatable bonds is 4. The summed E-state index contributed by atoms with van der Waals surface area (Å²) >= 11 is 5.90. The number of carbonyl (C=O) groups excluding carboxylic acids is 1. The summed E-state index contributed by atoms with van der Waals surface area (Å²) in [7, 11) is 0. The van der Waals surface area contributed by atoms with E-state index in [-0.39, 0.29) is 11.1 Å². The number of amides is 1. The third-order valence-corrected chi connectivity index (χ3v) is 4.27. The molecule has 28 heavy (non-hydrogen) atoms. The van der Waals surface area contributed by atoms with Gasteiger partial charge in [0.05, 0.1) is 34.0 Å². The first-order valence-corrected chi connectivity index (χ1v) is 8.51. The van der Waals surface area contributed by atoms with Crippen molar-refractivity contribution in [2.75, 3.05) is 0 Å². The summed E-state index contributed by atoms with van der Waals surface area (Å²) in [6, 6.07) is 16.7. The molecular formula is C21H12ClFN4O. The first-order valence-electron chi connectivity index (χ1n) is 8.14. The lowest BCUT2D eigenvalue weighted by molar-refractivity contribution is 0.0942. The van der Waals surface area contributed by atoms with Crippen LogP contribution in [-0.4, -0.2) is 10.9 Å². The number of halogens is 2. The average molecular weight is 391 g/mol. The normalized spacial score (nSPS) is 11.1. The largest absolute Gasteiger partial charge is 0.340 e. The molecule has 0 saturated heterocycles. The van der Waals surface area contributed by atoms with E-state index in [9.17, 15) is 9.18 Å². The molecule has 5 nitrogen and oxygen atoms in total. The lowest BCUT2D eigenvalue weighted by Gasteiger charge is -2.19. The van der Waals surface area contributed by atoms with Crippen LogP contribution in [0.1, 0.15) is 38.8 Å². The molecule has 3 aromatic rings. The van der Waals surface area contributed by atoms with E-state index in [0.29, 0.717) is 21.8 Å². The summed E-state index contributed by atoms with van der Waals surface area (Å²) in [5, 5.41) is 21.1. The van der Waals surface area contributed by atoms with Crippen molar-refractivity contribution in [1.29, 1.82) is 10.5 Å². The van der Waals surface area contributed by atoms with Gasteiger partial charge in [-0.2, -0.15) is 10.5 Å². The van der Waals surface area contributed by atoms with E-state index < -0.39 is 17.8 Å².